The molecule has 0 aromatic heterocycles. The maximum Gasteiger partial charge on any atom is 0.268 e. The van der Waals surface area contributed by atoms with Gasteiger partial charge in [0.2, 0.25) is 0 Å². The second-order valence-electron chi connectivity index (χ2n) is 5.64. The number of carbonyl (C=O) groups is 2. The number of nitrogens with one attached hydrogen (secondary N) is 1. The van der Waals surface area contributed by atoms with Crippen molar-refractivity contribution < 1.29 is 18.7 Å². The maximum absolute atomic E-state index is 12.9. The summed E-state index contributed by atoms with van der Waals surface area (Å²) in [4.78, 5) is 26.0. The molecule has 25 heavy (non-hydrogen) atoms. The number of hydrogen-bond acceptors (Lipinski definition) is 3. The topological polar surface area (TPSA) is 58.6 Å². The highest BCUT2D eigenvalue weighted by Crippen LogP contribution is 2.36. The molecule has 1 N–H and O–H groups in total. The van der Waals surface area contributed by atoms with Gasteiger partial charge in [-0.05, 0) is 43.3 Å². The normalized spacial score (nSPS) is 16.0. The molecule has 5 nitrogen and oxygen atoms in total. The Hall–Kier alpha value is -3.15. The summed E-state index contributed by atoms with van der Waals surface area (Å²) in [5.41, 5.74) is 1.49. The van der Waals surface area contributed by atoms with E-state index in [0.717, 1.165) is 0 Å². The lowest BCUT2D eigenvalue weighted by atomic mass is 10.1. The van der Waals surface area contributed by atoms with Crippen molar-refractivity contribution in [2.24, 2.45) is 0 Å². The molecule has 1 unspecified atom stereocenters. The van der Waals surface area contributed by atoms with Crippen LogP contribution in [0.2, 0.25) is 0 Å². The van der Waals surface area contributed by atoms with Crippen molar-refractivity contribution in [3.05, 3.63) is 66.5 Å². The molecule has 128 valence electrons. The van der Waals surface area contributed by atoms with Crippen molar-refractivity contribution >= 4 is 23.2 Å². The largest absolute Gasteiger partial charge is 0.479 e. The Kier molecular flexibility index (Phi) is 4.52. The molecule has 1 aliphatic rings. The number of halogens is 1. The Bertz CT molecular complexity index is 833. The summed E-state index contributed by atoms with van der Waals surface area (Å²) in [7, 11) is 0. The highest BCUT2D eigenvalue weighted by Gasteiger charge is 2.30. The molecule has 2 aromatic rings. The Balaban J connectivity index is 1.84. The SMILES string of the molecule is C=CCN1C(=O)C(C)Oc2cc(NC(=O)c3ccc(F)cc3)ccc21. The molecule has 0 spiro atoms. The molecule has 0 radical (unpaired) electrons. The summed E-state index contributed by atoms with van der Waals surface area (Å²) >= 11 is 0. The van der Waals surface area contributed by atoms with Gasteiger partial charge in [0.1, 0.15) is 11.6 Å². The van der Waals surface area contributed by atoms with Crippen LogP contribution in [0.25, 0.3) is 0 Å². The zero-order valence-electron chi connectivity index (χ0n) is 13.7. The van der Waals surface area contributed by atoms with E-state index in [1.165, 1.54) is 24.3 Å². The molecule has 6 heteroatoms. The first-order valence-electron chi connectivity index (χ1n) is 7.79. The van der Waals surface area contributed by atoms with Gasteiger partial charge < -0.3 is 15.0 Å². The lowest BCUT2D eigenvalue weighted by molar-refractivity contribution is -0.125. The molecular weight excluding hydrogens is 323 g/mol. The number of nitrogens with zero attached hydrogens (tertiary/aromatic N) is 1. The van der Waals surface area contributed by atoms with Crippen LogP contribution in [-0.2, 0) is 4.79 Å². The van der Waals surface area contributed by atoms with Gasteiger partial charge in [-0.2, -0.15) is 0 Å². The Morgan fingerprint density at radius 1 is 1.32 bits per heavy atom. The van der Waals surface area contributed by atoms with Gasteiger partial charge in [-0.1, -0.05) is 6.08 Å². The summed E-state index contributed by atoms with van der Waals surface area (Å²) in [6.45, 7) is 5.71. The molecule has 3 rings (SSSR count). The third-order valence-corrected chi connectivity index (χ3v) is 3.84. The first-order chi connectivity index (χ1) is 12.0. The highest BCUT2D eigenvalue weighted by atomic mass is 19.1. The van der Waals surface area contributed by atoms with E-state index in [1.54, 1.807) is 36.1 Å². The van der Waals surface area contributed by atoms with Crippen molar-refractivity contribution in [1.82, 2.24) is 0 Å². The van der Waals surface area contributed by atoms with Crippen LogP contribution in [0.3, 0.4) is 0 Å². The van der Waals surface area contributed by atoms with Gasteiger partial charge in [0.15, 0.2) is 6.10 Å². The monoisotopic (exact) mass is 340 g/mol. The predicted octanol–water partition coefficient (Wildman–Crippen LogP) is 3.38. The van der Waals surface area contributed by atoms with Crippen molar-refractivity contribution in [2.45, 2.75) is 13.0 Å². The quantitative estimate of drug-likeness (QED) is 0.868. The molecule has 0 fully saturated rings. The van der Waals surface area contributed by atoms with Gasteiger partial charge in [0.25, 0.3) is 11.8 Å². The minimum absolute atomic E-state index is 0.143. The number of anilines is 2. The summed E-state index contributed by atoms with van der Waals surface area (Å²) in [6.07, 6.45) is 1.03. The maximum atomic E-state index is 12.9. The zero-order valence-corrected chi connectivity index (χ0v) is 13.7. The second-order valence-corrected chi connectivity index (χ2v) is 5.64. The van der Waals surface area contributed by atoms with E-state index in [9.17, 15) is 14.0 Å². The molecular formula is C19H17FN2O3. The van der Waals surface area contributed by atoms with Gasteiger partial charge >= 0.3 is 0 Å². The van der Waals surface area contributed by atoms with Crippen molar-refractivity contribution in [2.75, 3.05) is 16.8 Å². The highest BCUT2D eigenvalue weighted by molar-refractivity contribution is 6.05. The summed E-state index contributed by atoms with van der Waals surface area (Å²) in [5.74, 6) is -0.399. The number of ether oxygens (including phenoxy) is 1. The van der Waals surface area contributed by atoms with Crippen LogP contribution in [0.4, 0.5) is 15.8 Å². The fraction of sp³-hybridized carbons (Fsp3) is 0.158. The average Bonchev–Trinajstić information content (AvgIpc) is 2.59. The van der Waals surface area contributed by atoms with Crippen LogP contribution in [0.1, 0.15) is 17.3 Å². The number of rotatable bonds is 4. The van der Waals surface area contributed by atoms with Gasteiger partial charge in [0.05, 0.1) is 5.69 Å². The molecule has 1 heterocycles. The third-order valence-electron chi connectivity index (χ3n) is 3.84. The average molecular weight is 340 g/mol. The molecule has 1 aliphatic heterocycles. The van der Waals surface area contributed by atoms with Gasteiger partial charge in [-0.15, -0.1) is 6.58 Å². The van der Waals surface area contributed by atoms with Gasteiger partial charge in [0, 0.05) is 23.9 Å². The second kappa shape index (κ2) is 6.76. The number of carbonyl (C=O) groups excluding carboxylic acids is 2. The number of hydrogen-bond donors (Lipinski definition) is 1. The predicted molar refractivity (Wildman–Crippen MR) is 93.4 cm³/mol. The van der Waals surface area contributed by atoms with E-state index in [4.69, 9.17) is 4.74 Å². The minimum atomic E-state index is -0.615. The molecule has 0 saturated heterocycles. The lowest BCUT2D eigenvalue weighted by Crippen LogP contribution is -2.44. The summed E-state index contributed by atoms with van der Waals surface area (Å²) in [6, 6.07) is 10.3. The molecule has 0 saturated carbocycles. The minimum Gasteiger partial charge on any atom is -0.479 e. The van der Waals surface area contributed by atoms with Gasteiger partial charge in [-0.25, -0.2) is 4.39 Å². The lowest BCUT2D eigenvalue weighted by Gasteiger charge is -2.32. The van der Waals surface area contributed by atoms with E-state index >= 15 is 0 Å². The molecule has 0 aliphatic carbocycles. The summed E-state index contributed by atoms with van der Waals surface area (Å²) < 4.78 is 18.6. The van der Waals surface area contributed by atoms with Crippen molar-refractivity contribution in [3.63, 3.8) is 0 Å². The number of benzene rings is 2. The molecule has 1 atom stereocenters. The summed E-state index contributed by atoms with van der Waals surface area (Å²) in [5, 5.41) is 2.74. The first kappa shape index (κ1) is 16.7. The molecule has 2 amide bonds. The van der Waals surface area contributed by atoms with E-state index in [2.05, 4.69) is 11.9 Å². The standard InChI is InChI=1S/C19H17FN2O3/c1-3-10-22-16-9-8-15(11-17(16)25-12(2)19(22)24)21-18(23)13-4-6-14(20)7-5-13/h3-9,11-12H,1,10H2,2H3,(H,21,23). The van der Waals surface area contributed by atoms with Gasteiger partial charge in [-0.3, -0.25) is 9.59 Å². The first-order valence-corrected chi connectivity index (χ1v) is 7.79. The fourth-order valence-electron chi connectivity index (χ4n) is 2.61. The molecule has 0 bridgehead atoms. The van der Waals surface area contributed by atoms with Crippen LogP contribution >= 0.6 is 0 Å². The van der Waals surface area contributed by atoms with Crippen LogP contribution in [0, 0.1) is 5.82 Å². The van der Waals surface area contributed by atoms with Crippen molar-refractivity contribution in [1.29, 1.82) is 0 Å². The smallest absolute Gasteiger partial charge is 0.268 e. The van der Waals surface area contributed by atoms with Crippen LogP contribution < -0.4 is 15.0 Å². The Morgan fingerprint density at radius 3 is 2.72 bits per heavy atom. The van der Waals surface area contributed by atoms with Crippen LogP contribution in [0.15, 0.2) is 55.1 Å². The van der Waals surface area contributed by atoms with E-state index < -0.39 is 11.9 Å². The number of fused-ring (bicyclic) bond motifs is 1. The molecule has 2 aromatic carbocycles. The van der Waals surface area contributed by atoms with E-state index in [1.807, 2.05) is 0 Å². The fourth-order valence-corrected chi connectivity index (χ4v) is 2.61. The van der Waals surface area contributed by atoms with Crippen molar-refractivity contribution in [3.8, 4) is 5.75 Å². The van der Waals surface area contributed by atoms with Crippen LogP contribution in [0.5, 0.6) is 5.75 Å². The van der Waals surface area contributed by atoms with E-state index in [-0.39, 0.29) is 11.8 Å². The zero-order chi connectivity index (χ0) is 18.0. The Morgan fingerprint density at radius 2 is 2.04 bits per heavy atom. The third kappa shape index (κ3) is 3.38. The Labute approximate surface area is 144 Å². The van der Waals surface area contributed by atoms with Crippen LogP contribution in [-0.4, -0.2) is 24.5 Å². The van der Waals surface area contributed by atoms with E-state index in [0.29, 0.717) is 29.2 Å². The number of amides is 2.